The Morgan fingerprint density at radius 2 is 1.89 bits per heavy atom. The number of fused-ring (bicyclic) bond motifs is 1. The Bertz CT molecular complexity index is 1550. The van der Waals surface area contributed by atoms with Gasteiger partial charge >= 0.3 is 0 Å². The van der Waals surface area contributed by atoms with Gasteiger partial charge in [0.1, 0.15) is 17.8 Å². The molecule has 0 aliphatic carbocycles. The number of nitrogen functional groups attached to an aromatic ring is 1. The number of amides is 1. The first-order chi connectivity index (χ1) is 17.9. The predicted molar refractivity (Wildman–Crippen MR) is 141 cm³/mol. The molecule has 0 bridgehead atoms. The molecule has 1 unspecified atom stereocenters. The van der Waals surface area contributed by atoms with E-state index in [9.17, 15) is 13.2 Å². The Kier molecular flexibility index (Phi) is 6.72. The fraction of sp³-hybridized carbons (Fsp3) is 0.231. The lowest BCUT2D eigenvalue weighted by Crippen LogP contribution is -2.40. The summed E-state index contributed by atoms with van der Waals surface area (Å²) in [4.78, 5) is 22.8. The lowest BCUT2D eigenvalue weighted by molar-refractivity contribution is -0.127. The molecular formula is C26H27N7O3S. The Labute approximate surface area is 214 Å². The quantitative estimate of drug-likeness (QED) is 0.360. The van der Waals surface area contributed by atoms with Gasteiger partial charge in [-0.15, -0.1) is 0 Å². The number of piperidine rings is 1. The summed E-state index contributed by atoms with van der Waals surface area (Å²) in [6, 6.07) is 15.6. The summed E-state index contributed by atoms with van der Waals surface area (Å²) in [5.74, 6) is 0.217. The molecule has 3 heterocycles. The summed E-state index contributed by atoms with van der Waals surface area (Å²) in [5.41, 5.74) is 9.10. The second kappa shape index (κ2) is 10.1. The number of nitrogens with zero attached hydrogens (tertiary/aromatic N) is 5. The predicted octanol–water partition coefficient (Wildman–Crippen LogP) is 2.90. The molecule has 37 heavy (non-hydrogen) atoms. The number of nitrogens with two attached hydrogens (primary N) is 1. The van der Waals surface area contributed by atoms with Crippen LogP contribution in [0.4, 0.5) is 5.82 Å². The number of rotatable bonds is 7. The second-order valence-electron chi connectivity index (χ2n) is 8.87. The van der Waals surface area contributed by atoms with Crippen molar-refractivity contribution in [2.45, 2.75) is 30.3 Å². The highest BCUT2D eigenvalue weighted by Gasteiger charge is 2.28. The van der Waals surface area contributed by atoms with Crippen molar-refractivity contribution in [1.29, 1.82) is 0 Å². The van der Waals surface area contributed by atoms with E-state index in [0.717, 1.165) is 24.0 Å². The first-order valence-corrected chi connectivity index (χ1v) is 13.4. The first kappa shape index (κ1) is 24.6. The summed E-state index contributed by atoms with van der Waals surface area (Å²) in [6.45, 7) is 4.93. The lowest BCUT2D eigenvalue weighted by atomic mass is 10.1. The molecule has 1 aliphatic heterocycles. The standard InChI is InChI=1S/C26H27N7O3S/c1-2-22(34)32-14-6-7-20(16-32)33-26-23(25(27)28-17-29-26)24(31-33)19-12-10-18(11-13-19)15-30-37(35,36)21-8-4-3-5-9-21/h2-5,8-13,17,20,30H,1,6-7,14-16H2,(H2,27,28,29). The van der Waals surface area contributed by atoms with Crippen LogP contribution in [0.15, 0.2) is 78.5 Å². The lowest BCUT2D eigenvalue weighted by Gasteiger charge is -2.32. The van der Waals surface area contributed by atoms with Gasteiger partial charge < -0.3 is 10.6 Å². The van der Waals surface area contributed by atoms with E-state index < -0.39 is 10.0 Å². The number of carbonyl (C=O) groups is 1. The maximum absolute atomic E-state index is 12.5. The molecule has 1 amide bonds. The molecule has 10 nitrogen and oxygen atoms in total. The summed E-state index contributed by atoms with van der Waals surface area (Å²) in [7, 11) is -3.61. The average Bonchev–Trinajstić information content (AvgIpc) is 3.33. The second-order valence-corrected chi connectivity index (χ2v) is 10.6. The minimum atomic E-state index is -3.61. The third-order valence-electron chi connectivity index (χ3n) is 6.49. The number of likely N-dealkylation sites (tertiary alicyclic amines) is 1. The van der Waals surface area contributed by atoms with Crippen molar-refractivity contribution in [3.63, 3.8) is 0 Å². The third-order valence-corrected chi connectivity index (χ3v) is 7.91. The van der Waals surface area contributed by atoms with E-state index in [0.29, 0.717) is 35.6 Å². The van der Waals surface area contributed by atoms with Crippen LogP contribution in [0.25, 0.3) is 22.3 Å². The summed E-state index contributed by atoms with van der Waals surface area (Å²) < 4.78 is 29.5. The SMILES string of the molecule is C=CC(=O)N1CCCC(n2nc(-c3ccc(CNS(=O)(=O)c4ccccc4)cc3)c3c(N)ncnc32)C1. The van der Waals surface area contributed by atoms with Crippen molar-refractivity contribution >= 4 is 32.8 Å². The Morgan fingerprint density at radius 1 is 1.14 bits per heavy atom. The van der Waals surface area contributed by atoms with Crippen LogP contribution < -0.4 is 10.5 Å². The maximum Gasteiger partial charge on any atom is 0.246 e. The zero-order valence-electron chi connectivity index (χ0n) is 20.1. The Balaban J connectivity index is 1.42. The normalized spacial score (nSPS) is 16.1. The number of anilines is 1. The molecule has 11 heteroatoms. The van der Waals surface area contributed by atoms with Gasteiger partial charge in [-0.05, 0) is 36.6 Å². The molecule has 190 valence electrons. The van der Waals surface area contributed by atoms with Gasteiger partial charge in [-0.3, -0.25) is 4.79 Å². The van der Waals surface area contributed by atoms with Gasteiger partial charge in [0.05, 0.1) is 16.3 Å². The van der Waals surface area contributed by atoms with E-state index in [1.807, 2.05) is 28.9 Å². The molecule has 3 N–H and O–H groups in total. The highest BCUT2D eigenvalue weighted by atomic mass is 32.2. The van der Waals surface area contributed by atoms with Gasteiger partial charge in [-0.2, -0.15) is 5.10 Å². The van der Waals surface area contributed by atoms with E-state index >= 15 is 0 Å². The van der Waals surface area contributed by atoms with Crippen molar-refractivity contribution in [1.82, 2.24) is 29.4 Å². The van der Waals surface area contributed by atoms with Crippen LogP contribution in [0.3, 0.4) is 0 Å². The molecule has 2 aromatic heterocycles. The van der Waals surface area contributed by atoms with E-state index in [1.165, 1.54) is 12.4 Å². The Hall–Kier alpha value is -4.09. The number of carbonyl (C=O) groups excluding carboxylic acids is 1. The highest BCUT2D eigenvalue weighted by molar-refractivity contribution is 7.89. The smallest absolute Gasteiger partial charge is 0.246 e. The van der Waals surface area contributed by atoms with E-state index in [2.05, 4.69) is 21.3 Å². The van der Waals surface area contributed by atoms with Gasteiger partial charge in [-0.25, -0.2) is 27.8 Å². The van der Waals surface area contributed by atoms with Gasteiger partial charge in [0.2, 0.25) is 15.9 Å². The monoisotopic (exact) mass is 517 g/mol. The van der Waals surface area contributed by atoms with E-state index in [4.69, 9.17) is 10.8 Å². The zero-order chi connectivity index (χ0) is 26.0. The molecule has 0 radical (unpaired) electrons. The topological polar surface area (TPSA) is 136 Å². The summed E-state index contributed by atoms with van der Waals surface area (Å²) in [5, 5.41) is 5.52. The van der Waals surface area contributed by atoms with Crippen LogP contribution in [-0.4, -0.2) is 52.1 Å². The summed E-state index contributed by atoms with van der Waals surface area (Å²) >= 11 is 0. The number of nitrogens with one attached hydrogen (secondary N) is 1. The van der Waals surface area contributed by atoms with Crippen LogP contribution in [0.1, 0.15) is 24.4 Å². The maximum atomic E-state index is 12.5. The molecule has 4 aromatic rings. The fourth-order valence-corrected chi connectivity index (χ4v) is 5.62. The largest absolute Gasteiger partial charge is 0.383 e. The van der Waals surface area contributed by atoms with Crippen molar-refractivity contribution in [2.24, 2.45) is 0 Å². The van der Waals surface area contributed by atoms with Crippen LogP contribution in [0.5, 0.6) is 0 Å². The van der Waals surface area contributed by atoms with E-state index in [1.54, 1.807) is 35.2 Å². The van der Waals surface area contributed by atoms with Crippen LogP contribution in [0.2, 0.25) is 0 Å². The molecular weight excluding hydrogens is 490 g/mol. The highest BCUT2D eigenvalue weighted by Crippen LogP contribution is 2.33. The number of sulfonamides is 1. The van der Waals surface area contributed by atoms with Crippen LogP contribution >= 0.6 is 0 Å². The van der Waals surface area contributed by atoms with Crippen LogP contribution in [0, 0.1) is 0 Å². The van der Waals surface area contributed by atoms with E-state index in [-0.39, 0.29) is 23.4 Å². The minimum Gasteiger partial charge on any atom is -0.383 e. The number of hydrogen-bond donors (Lipinski definition) is 2. The van der Waals surface area contributed by atoms with Crippen molar-refractivity contribution in [3.8, 4) is 11.3 Å². The van der Waals surface area contributed by atoms with Crippen molar-refractivity contribution in [2.75, 3.05) is 18.8 Å². The van der Waals surface area contributed by atoms with Gasteiger partial charge in [0, 0.05) is 25.2 Å². The number of hydrogen-bond acceptors (Lipinski definition) is 7. The minimum absolute atomic E-state index is 0.0603. The Morgan fingerprint density at radius 3 is 2.62 bits per heavy atom. The molecule has 1 fully saturated rings. The zero-order valence-corrected chi connectivity index (χ0v) is 20.9. The summed E-state index contributed by atoms with van der Waals surface area (Å²) in [6.07, 6.45) is 4.43. The van der Waals surface area contributed by atoms with Gasteiger partial charge in [0.25, 0.3) is 0 Å². The average molecular weight is 518 g/mol. The van der Waals surface area contributed by atoms with Crippen molar-refractivity contribution in [3.05, 3.63) is 79.1 Å². The molecule has 0 saturated carbocycles. The third kappa shape index (κ3) is 4.95. The first-order valence-electron chi connectivity index (χ1n) is 11.9. The molecule has 2 aromatic carbocycles. The molecule has 1 atom stereocenters. The fourth-order valence-electron chi connectivity index (χ4n) is 4.58. The number of aromatic nitrogens is 4. The van der Waals surface area contributed by atoms with Crippen molar-refractivity contribution < 1.29 is 13.2 Å². The van der Waals surface area contributed by atoms with Gasteiger partial charge in [-0.1, -0.05) is 49.0 Å². The molecule has 0 spiro atoms. The number of benzene rings is 2. The molecule has 1 saturated heterocycles. The van der Waals surface area contributed by atoms with Gasteiger partial charge in [0.15, 0.2) is 5.65 Å². The van der Waals surface area contributed by atoms with Crippen LogP contribution in [-0.2, 0) is 21.4 Å². The molecule has 5 rings (SSSR count). The molecule has 1 aliphatic rings.